The molecule has 4 fully saturated rings. The summed E-state index contributed by atoms with van der Waals surface area (Å²) in [5.74, 6) is -0.197. The lowest BCUT2D eigenvalue weighted by molar-refractivity contribution is -0.127. The second-order valence-corrected chi connectivity index (χ2v) is 14.1. The summed E-state index contributed by atoms with van der Waals surface area (Å²) in [4.78, 5) is 55.2. The Morgan fingerprint density at radius 3 is 2.28 bits per heavy atom. The maximum atomic E-state index is 14.1. The molecule has 3 aliphatic carbocycles. The second kappa shape index (κ2) is 12.7. The third-order valence-electron chi connectivity index (χ3n) is 11.0. The van der Waals surface area contributed by atoms with Crippen LogP contribution in [0.3, 0.4) is 0 Å². The van der Waals surface area contributed by atoms with Crippen molar-refractivity contribution in [2.75, 3.05) is 32.1 Å². The van der Waals surface area contributed by atoms with Gasteiger partial charge in [-0.1, -0.05) is 38.3 Å². The van der Waals surface area contributed by atoms with Crippen LogP contribution in [0.25, 0.3) is 0 Å². The Labute approximate surface area is 269 Å². The van der Waals surface area contributed by atoms with Crippen LogP contribution in [0.5, 0.6) is 0 Å². The Kier molecular flexibility index (Phi) is 8.84. The number of carbonyl (C=O) groups excluding carboxylic acids is 4. The number of likely N-dealkylation sites (tertiary alicyclic amines) is 1. The molecule has 248 valence electrons. The van der Waals surface area contributed by atoms with Gasteiger partial charge in [-0.3, -0.25) is 19.1 Å². The number of aliphatic hydroxyl groups excluding tert-OH is 1. The van der Waals surface area contributed by atoms with Crippen molar-refractivity contribution < 1.29 is 29.0 Å². The number of carbonyl (C=O) groups is 4. The van der Waals surface area contributed by atoms with E-state index in [0.717, 1.165) is 44.9 Å². The number of nitrogens with one attached hydrogen (secondary N) is 3. The average Bonchev–Trinajstić information content (AvgIpc) is 3.92. The van der Waals surface area contributed by atoms with E-state index in [2.05, 4.69) is 28.0 Å². The monoisotopic (exact) mass is 634 g/mol. The van der Waals surface area contributed by atoms with Crippen molar-refractivity contribution in [2.45, 2.75) is 75.8 Å². The van der Waals surface area contributed by atoms with Crippen LogP contribution in [0.15, 0.2) is 36.5 Å². The molecular formula is C34H46N6O6. The number of benzene rings is 1. The Bertz CT molecular complexity index is 1460. The first-order valence-corrected chi connectivity index (χ1v) is 16.5. The zero-order valence-electron chi connectivity index (χ0n) is 27.0. The molecule has 1 aromatic carbocycles. The van der Waals surface area contributed by atoms with Gasteiger partial charge >= 0.3 is 6.09 Å². The van der Waals surface area contributed by atoms with Crippen LogP contribution in [0.2, 0.25) is 0 Å². The molecule has 12 heteroatoms. The number of hydrogen-bond donors (Lipinski definition) is 4. The Balaban J connectivity index is 1.23. The van der Waals surface area contributed by atoms with Gasteiger partial charge in [0.2, 0.25) is 11.8 Å². The van der Waals surface area contributed by atoms with Crippen LogP contribution in [0, 0.1) is 23.2 Å². The van der Waals surface area contributed by atoms with Gasteiger partial charge in [-0.25, -0.2) is 4.79 Å². The van der Waals surface area contributed by atoms with Crippen molar-refractivity contribution in [3.63, 3.8) is 0 Å². The standard InChI is InChI=1S/C34H46N6O6/c1-33(14-15-33)27(22-5-4-6-22)28(38-29(42)26-13-17-35-39(26)2)30(43)36-24-11-9-23(10-12-24)34(16-18-40(20-34)32(45)46-3)31(44)37-25(19-41)21-7-8-21/h9-13,17,21-22,25,27-28,41H,4-8,14-16,18-20H2,1-3H3,(H,36,43)(H,37,44)(H,38,42)/t25-,27?,28+,34?/m1/s1. The van der Waals surface area contributed by atoms with Crippen LogP contribution in [0.4, 0.5) is 10.5 Å². The molecule has 3 saturated carbocycles. The minimum absolute atomic E-state index is 0.00267. The van der Waals surface area contributed by atoms with Crippen molar-refractivity contribution in [2.24, 2.45) is 30.2 Å². The molecule has 46 heavy (non-hydrogen) atoms. The predicted octanol–water partition coefficient (Wildman–Crippen LogP) is 2.97. The van der Waals surface area contributed by atoms with Crippen molar-refractivity contribution in [3.8, 4) is 0 Å². The molecule has 1 aromatic heterocycles. The van der Waals surface area contributed by atoms with Crippen LogP contribution < -0.4 is 16.0 Å². The van der Waals surface area contributed by atoms with Gasteiger partial charge < -0.3 is 30.7 Å². The molecule has 2 aromatic rings. The number of rotatable bonds is 12. The van der Waals surface area contributed by atoms with Gasteiger partial charge in [0, 0.05) is 32.0 Å². The maximum absolute atomic E-state index is 14.1. The van der Waals surface area contributed by atoms with Gasteiger partial charge in [-0.2, -0.15) is 5.10 Å². The molecule has 0 radical (unpaired) electrons. The van der Waals surface area contributed by atoms with Crippen molar-refractivity contribution >= 4 is 29.5 Å². The van der Waals surface area contributed by atoms with Crippen LogP contribution >= 0.6 is 0 Å². The molecule has 4 atom stereocenters. The van der Waals surface area contributed by atoms with E-state index in [4.69, 9.17) is 4.74 Å². The predicted molar refractivity (Wildman–Crippen MR) is 170 cm³/mol. The summed E-state index contributed by atoms with van der Waals surface area (Å²) in [6.45, 7) is 2.57. The molecule has 2 heterocycles. The highest BCUT2D eigenvalue weighted by molar-refractivity contribution is 6.01. The number of aliphatic hydroxyl groups is 1. The van der Waals surface area contributed by atoms with Gasteiger partial charge in [-0.05, 0) is 79.0 Å². The lowest BCUT2D eigenvalue weighted by Gasteiger charge is -2.42. The Morgan fingerprint density at radius 1 is 1.02 bits per heavy atom. The van der Waals surface area contributed by atoms with Gasteiger partial charge in [-0.15, -0.1) is 0 Å². The summed E-state index contributed by atoms with van der Waals surface area (Å²) in [6.07, 6.45) is 8.67. The van der Waals surface area contributed by atoms with E-state index in [9.17, 15) is 24.3 Å². The fraction of sp³-hybridized carbons (Fsp3) is 0.618. The highest BCUT2D eigenvalue weighted by Crippen LogP contribution is 2.58. The molecule has 12 nitrogen and oxygen atoms in total. The van der Waals surface area contributed by atoms with E-state index in [1.54, 1.807) is 31.4 Å². The van der Waals surface area contributed by atoms with Crippen molar-refractivity contribution in [1.29, 1.82) is 0 Å². The van der Waals surface area contributed by atoms with Crippen molar-refractivity contribution in [1.82, 2.24) is 25.3 Å². The molecule has 2 unspecified atom stereocenters. The summed E-state index contributed by atoms with van der Waals surface area (Å²) in [7, 11) is 3.02. The Morgan fingerprint density at radius 2 is 1.74 bits per heavy atom. The lowest BCUT2D eigenvalue weighted by atomic mass is 9.66. The Hall–Kier alpha value is -3.93. The zero-order chi connectivity index (χ0) is 32.6. The fourth-order valence-electron chi connectivity index (χ4n) is 7.56. The van der Waals surface area contributed by atoms with Gasteiger partial charge in [0.05, 0.1) is 25.2 Å². The molecule has 4 N–H and O–H groups in total. The first kappa shape index (κ1) is 32.0. The zero-order valence-corrected chi connectivity index (χ0v) is 27.0. The number of aryl methyl sites for hydroxylation is 1. The summed E-state index contributed by atoms with van der Waals surface area (Å²) in [5.41, 5.74) is 0.611. The lowest BCUT2D eigenvalue weighted by Crippen LogP contribution is -2.54. The fourth-order valence-corrected chi connectivity index (χ4v) is 7.56. The number of ether oxygens (including phenoxy) is 1. The minimum Gasteiger partial charge on any atom is -0.453 e. The first-order valence-electron chi connectivity index (χ1n) is 16.5. The second-order valence-electron chi connectivity index (χ2n) is 14.1. The van der Waals surface area contributed by atoms with Crippen LogP contribution in [0.1, 0.15) is 74.3 Å². The topological polar surface area (TPSA) is 155 Å². The third kappa shape index (κ3) is 6.23. The summed E-state index contributed by atoms with van der Waals surface area (Å²) < 4.78 is 6.45. The molecular weight excluding hydrogens is 588 g/mol. The maximum Gasteiger partial charge on any atom is 0.409 e. The molecule has 0 spiro atoms. The highest BCUT2D eigenvalue weighted by Gasteiger charge is 2.54. The van der Waals surface area contributed by atoms with Gasteiger partial charge in [0.25, 0.3) is 5.91 Å². The van der Waals surface area contributed by atoms with E-state index >= 15 is 0 Å². The molecule has 1 saturated heterocycles. The molecule has 6 rings (SSSR count). The number of hydrogen-bond acceptors (Lipinski definition) is 7. The SMILES string of the molecule is COC(=O)N1CCC(C(=O)N[C@H](CO)C2CC2)(c2ccc(NC(=O)[C@@H](NC(=O)c3ccnn3C)C(C3CCC3)C3(C)CC3)cc2)C1. The van der Waals surface area contributed by atoms with E-state index in [-0.39, 0.29) is 54.2 Å². The third-order valence-corrected chi connectivity index (χ3v) is 11.0. The number of aromatic nitrogens is 2. The summed E-state index contributed by atoms with van der Waals surface area (Å²) in [5, 5.41) is 23.2. The highest BCUT2D eigenvalue weighted by atomic mass is 16.5. The molecule has 0 bridgehead atoms. The van der Waals surface area contributed by atoms with Crippen molar-refractivity contribution in [3.05, 3.63) is 47.8 Å². The van der Waals surface area contributed by atoms with Gasteiger partial charge in [0.1, 0.15) is 11.7 Å². The molecule has 4 amide bonds. The molecule has 1 aliphatic heterocycles. The van der Waals surface area contributed by atoms with Gasteiger partial charge in [0.15, 0.2) is 0 Å². The summed E-state index contributed by atoms with van der Waals surface area (Å²) >= 11 is 0. The largest absolute Gasteiger partial charge is 0.453 e. The number of nitrogens with zero attached hydrogens (tertiary/aromatic N) is 3. The van der Waals surface area contributed by atoms with E-state index in [0.29, 0.717) is 35.8 Å². The minimum atomic E-state index is -1.03. The van der Waals surface area contributed by atoms with E-state index in [1.165, 1.54) is 16.7 Å². The normalized spacial score (nSPS) is 23.9. The van der Waals surface area contributed by atoms with Crippen LogP contribution in [-0.2, 0) is 26.8 Å². The number of anilines is 1. The van der Waals surface area contributed by atoms with E-state index in [1.807, 2.05) is 12.1 Å². The first-order chi connectivity index (χ1) is 22.1. The number of methoxy groups -OCH3 is 1. The summed E-state index contributed by atoms with van der Waals surface area (Å²) in [6, 6.07) is 7.76. The smallest absolute Gasteiger partial charge is 0.409 e. The molecule has 4 aliphatic rings. The number of amides is 4. The average molecular weight is 635 g/mol. The quantitative estimate of drug-likeness (QED) is 0.280. The van der Waals surface area contributed by atoms with Crippen LogP contribution in [-0.4, -0.2) is 82.5 Å². The van der Waals surface area contributed by atoms with E-state index < -0.39 is 17.6 Å².